The predicted molar refractivity (Wildman–Crippen MR) is 268 cm³/mol. The molecule has 0 spiro atoms. The molecule has 0 amide bonds. The molecule has 66 heavy (non-hydrogen) atoms. The van der Waals surface area contributed by atoms with Gasteiger partial charge in [0.2, 0.25) is 0 Å². The molecule has 6 nitrogen and oxygen atoms in total. The third-order valence-electron chi connectivity index (χ3n) is 11.5. The molecule has 310 valence electrons. The van der Waals surface area contributed by atoms with Crippen LogP contribution in [0.25, 0.3) is 113 Å². The number of benzene rings is 9. The molecule has 0 aliphatic carbocycles. The van der Waals surface area contributed by atoms with Crippen LogP contribution in [0, 0.1) is 0 Å². The Kier molecular flexibility index (Phi) is 10.9. The van der Waals surface area contributed by atoms with Crippen LogP contribution in [0.3, 0.4) is 0 Å². The molecular weight excluding hydrogens is 805 g/mol. The number of hydrogen-bond donors (Lipinski definition) is 0. The monoisotopic (exact) mass is 844 g/mol. The molecule has 2 aromatic heterocycles. The Morgan fingerprint density at radius 3 is 0.591 bits per heavy atom. The van der Waals surface area contributed by atoms with Gasteiger partial charge in [0.25, 0.3) is 0 Å². The van der Waals surface area contributed by atoms with Crippen LogP contribution in [0.2, 0.25) is 0 Å². The van der Waals surface area contributed by atoms with Crippen LogP contribution in [0.4, 0.5) is 0 Å². The Hall–Kier alpha value is -9.00. The Morgan fingerprint density at radius 1 is 0.136 bits per heavy atom. The van der Waals surface area contributed by atoms with E-state index in [1.165, 1.54) is 0 Å². The van der Waals surface area contributed by atoms with E-state index in [-0.39, 0.29) is 0 Å². The smallest absolute Gasteiger partial charge is 0.164 e. The lowest BCUT2D eigenvalue weighted by Gasteiger charge is -2.15. The van der Waals surface area contributed by atoms with Crippen molar-refractivity contribution in [2.75, 3.05) is 0 Å². The van der Waals surface area contributed by atoms with Gasteiger partial charge in [-0.25, -0.2) is 29.9 Å². The summed E-state index contributed by atoms with van der Waals surface area (Å²) < 4.78 is 0. The van der Waals surface area contributed by atoms with Gasteiger partial charge in [0.1, 0.15) is 0 Å². The number of hydrogen-bond acceptors (Lipinski definition) is 6. The first-order valence-corrected chi connectivity index (χ1v) is 21.9. The Labute approximate surface area is 383 Å². The van der Waals surface area contributed by atoms with E-state index < -0.39 is 0 Å². The normalized spacial score (nSPS) is 11.0. The summed E-state index contributed by atoms with van der Waals surface area (Å²) in [7, 11) is 0. The van der Waals surface area contributed by atoms with Crippen molar-refractivity contribution in [3.05, 3.63) is 243 Å². The van der Waals surface area contributed by atoms with E-state index in [9.17, 15) is 0 Å². The zero-order valence-corrected chi connectivity index (χ0v) is 35.8. The lowest BCUT2D eigenvalue weighted by molar-refractivity contribution is 1.07. The van der Waals surface area contributed by atoms with Crippen LogP contribution in [-0.4, -0.2) is 29.9 Å². The van der Waals surface area contributed by atoms with Gasteiger partial charge in [-0.05, 0) is 80.9 Å². The van der Waals surface area contributed by atoms with Crippen LogP contribution >= 0.6 is 0 Å². The minimum atomic E-state index is 0.571. The zero-order chi connectivity index (χ0) is 44.1. The van der Waals surface area contributed by atoms with E-state index in [0.29, 0.717) is 34.9 Å². The fourth-order valence-electron chi connectivity index (χ4n) is 8.17. The minimum absolute atomic E-state index is 0.571. The highest BCUT2D eigenvalue weighted by atomic mass is 15.0. The van der Waals surface area contributed by atoms with Gasteiger partial charge in [0.15, 0.2) is 34.9 Å². The van der Waals surface area contributed by atoms with E-state index in [1.807, 2.05) is 109 Å². The molecule has 0 aliphatic rings. The molecule has 0 aliphatic heterocycles. The first-order valence-electron chi connectivity index (χ1n) is 21.9. The summed E-state index contributed by atoms with van der Waals surface area (Å²) in [4.78, 5) is 30.8. The summed E-state index contributed by atoms with van der Waals surface area (Å²) in [6.07, 6.45) is 0. The van der Waals surface area contributed by atoms with Crippen LogP contribution in [0.1, 0.15) is 0 Å². The molecule has 11 aromatic rings. The van der Waals surface area contributed by atoms with Crippen molar-refractivity contribution >= 4 is 0 Å². The highest BCUT2D eigenvalue weighted by Gasteiger charge is 2.18. The second kappa shape index (κ2) is 18.0. The molecule has 6 heteroatoms. The van der Waals surface area contributed by atoms with Gasteiger partial charge < -0.3 is 0 Å². The number of rotatable bonds is 10. The first kappa shape index (κ1) is 39.8. The molecule has 0 atom stereocenters. The molecular formula is C60H40N6. The molecule has 0 unspecified atom stereocenters. The lowest BCUT2D eigenvalue weighted by atomic mass is 9.92. The van der Waals surface area contributed by atoms with Gasteiger partial charge in [-0.1, -0.05) is 206 Å². The molecule has 11 rings (SSSR count). The average molecular weight is 845 g/mol. The van der Waals surface area contributed by atoms with Crippen LogP contribution in [0.5, 0.6) is 0 Å². The van der Waals surface area contributed by atoms with Gasteiger partial charge in [-0.15, -0.1) is 0 Å². The van der Waals surface area contributed by atoms with Crippen molar-refractivity contribution in [3.63, 3.8) is 0 Å². The lowest BCUT2D eigenvalue weighted by Crippen LogP contribution is -2.01. The van der Waals surface area contributed by atoms with Gasteiger partial charge in [-0.2, -0.15) is 0 Å². The maximum atomic E-state index is 5.23. The van der Waals surface area contributed by atoms with Crippen molar-refractivity contribution in [2.24, 2.45) is 0 Å². The third-order valence-corrected chi connectivity index (χ3v) is 11.5. The molecule has 0 radical (unpaired) electrons. The summed E-state index contributed by atoms with van der Waals surface area (Å²) in [6, 6.07) is 83.2. The first-order chi connectivity index (χ1) is 32.7. The standard InChI is InChI=1S/C60H40N6/c1-7-19-41(20-8-1)44-31-33-48(34-32-44)58-62-57(47-29-17-6-18-30-47)65-60(66-58)54-38-50(43-23-11-3-12-24-43)36-52(40-54)51-35-49(42-21-9-2-10-22-42)37-53(39-51)59-63-55(45-25-13-4-14-26-45)61-56(64-59)46-27-15-5-16-28-46/h1-40H. The topological polar surface area (TPSA) is 77.3 Å². The van der Waals surface area contributed by atoms with Crippen LogP contribution in [-0.2, 0) is 0 Å². The Balaban J connectivity index is 1.11. The van der Waals surface area contributed by atoms with Crippen molar-refractivity contribution in [2.45, 2.75) is 0 Å². The van der Waals surface area contributed by atoms with Crippen molar-refractivity contribution in [1.82, 2.24) is 29.9 Å². The SMILES string of the molecule is c1ccc(-c2ccc(-c3nc(-c4ccccc4)nc(-c4cc(-c5ccccc5)cc(-c5cc(-c6ccccc6)cc(-c6nc(-c7ccccc7)nc(-c7ccccc7)n6)c5)c4)n3)cc2)cc1. The molecule has 0 fully saturated rings. The Morgan fingerprint density at radius 2 is 0.303 bits per heavy atom. The Bertz CT molecular complexity index is 3360. The van der Waals surface area contributed by atoms with Crippen molar-refractivity contribution in [1.29, 1.82) is 0 Å². The van der Waals surface area contributed by atoms with Crippen molar-refractivity contribution in [3.8, 4) is 113 Å². The fourth-order valence-corrected chi connectivity index (χ4v) is 8.17. The summed E-state index contributed by atoms with van der Waals surface area (Å²) in [5, 5.41) is 0. The van der Waals surface area contributed by atoms with Crippen molar-refractivity contribution < 1.29 is 0 Å². The molecule has 9 aromatic carbocycles. The van der Waals surface area contributed by atoms with Gasteiger partial charge in [0.05, 0.1) is 0 Å². The second-order valence-corrected chi connectivity index (χ2v) is 16.0. The zero-order valence-electron chi connectivity index (χ0n) is 35.8. The quantitative estimate of drug-likeness (QED) is 0.136. The molecule has 0 saturated heterocycles. The maximum absolute atomic E-state index is 5.23. The summed E-state index contributed by atoms with van der Waals surface area (Å²) >= 11 is 0. The minimum Gasteiger partial charge on any atom is -0.208 e. The fraction of sp³-hybridized carbons (Fsp3) is 0. The molecule has 0 bridgehead atoms. The maximum Gasteiger partial charge on any atom is 0.164 e. The van der Waals surface area contributed by atoms with Gasteiger partial charge >= 0.3 is 0 Å². The second-order valence-electron chi connectivity index (χ2n) is 16.0. The van der Waals surface area contributed by atoms with Crippen LogP contribution < -0.4 is 0 Å². The molecule has 0 saturated carbocycles. The van der Waals surface area contributed by atoms with Gasteiger partial charge in [-0.3, -0.25) is 0 Å². The average Bonchev–Trinajstić information content (AvgIpc) is 3.42. The van der Waals surface area contributed by atoms with E-state index in [4.69, 9.17) is 29.9 Å². The highest BCUT2D eigenvalue weighted by Crippen LogP contribution is 2.38. The third kappa shape index (κ3) is 8.54. The van der Waals surface area contributed by atoms with Gasteiger partial charge in [0, 0.05) is 33.4 Å². The largest absolute Gasteiger partial charge is 0.208 e. The van der Waals surface area contributed by atoms with E-state index in [1.54, 1.807) is 0 Å². The van der Waals surface area contributed by atoms with E-state index >= 15 is 0 Å². The highest BCUT2D eigenvalue weighted by molar-refractivity contribution is 5.85. The van der Waals surface area contributed by atoms with E-state index in [2.05, 4.69) is 133 Å². The predicted octanol–water partition coefficient (Wildman–Crippen LogP) is 14.7. The molecule has 0 N–H and O–H groups in total. The summed E-state index contributed by atoms with van der Waals surface area (Å²) in [5.41, 5.74) is 13.8. The summed E-state index contributed by atoms with van der Waals surface area (Å²) in [5.74, 6) is 3.55. The molecule has 2 heterocycles. The number of nitrogens with zero attached hydrogens (tertiary/aromatic N) is 6. The van der Waals surface area contributed by atoms with E-state index in [0.717, 1.165) is 77.9 Å². The summed E-state index contributed by atoms with van der Waals surface area (Å²) in [6.45, 7) is 0. The van der Waals surface area contributed by atoms with Crippen LogP contribution in [0.15, 0.2) is 243 Å². The number of aromatic nitrogens is 6.